The van der Waals surface area contributed by atoms with E-state index in [4.69, 9.17) is 11.6 Å². The monoisotopic (exact) mass is 358 g/mol. The summed E-state index contributed by atoms with van der Waals surface area (Å²) in [5.74, 6) is -0.524. The van der Waals surface area contributed by atoms with Crippen LogP contribution in [0.5, 0.6) is 0 Å². The largest absolute Gasteiger partial charge is 0.339 e. The van der Waals surface area contributed by atoms with Gasteiger partial charge in [0, 0.05) is 24.3 Å². The van der Waals surface area contributed by atoms with Crippen molar-refractivity contribution in [2.45, 2.75) is 26.2 Å². The van der Waals surface area contributed by atoms with Gasteiger partial charge in [0.15, 0.2) is 0 Å². The van der Waals surface area contributed by atoms with E-state index < -0.39 is 5.91 Å². The lowest BCUT2D eigenvalue weighted by molar-refractivity contribution is 0.0725. The number of amides is 2. The molecule has 0 spiro atoms. The molecule has 0 bridgehead atoms. The second kappa shape index (κ2) is 7.61. The van der Waals surface area contributed by atoms with Gasteiger partial charge < -0.3 is 10.2 Å². The maximum atomic E-state index is 12.8. The number of hydrogen-bond donors (Lipinski definition) is 1. The second-order valence-corrected chi connectivity index (χ2v) is 6.48. The molecule has 0 atom stereocenters. The Kier molecular flexibility index (Phi) is 5.28. The Hall–Kier alpha value is -2.47. The fraction of sp³-hybridized carbons (Fsp3) is 0.333. The topological polar surface area (TPSA) is 75.2 Å². The zero-order valence-electron chi connectivity index (χ0n) is 14.0. The maximum Gasteiger partial charge on any atom is 0.275 e. The molecule has 25 heavy (non-hydrogen) atoms. The van der Waals surface area contributed by atoms with Gasteiger partial charge in [-0.25, -0.2) is 4.98 Å². The van der Waals surface area contributed by atoms with Gasteiger partial charge in [0.25, 0.3) is 11.8 Å². The lowest BCUT2D eigenvalue weighted by atomic mass is 10.1. The number of likely N-dealkylation sites (tertiary alicyclic amines) is 1. The van der Waals surface area contributed by atoms with Crippen LogP contribution in [0.25, 0.3) is 0 Å². The molecule has 130 valence electrons. The maximum absolute atomic E-state index is 12.8. The Balaban J connectivity index is 1.84. The van der Waals surface area contributed by atoms with E-state index in [2.05, 4.69) is 15.3 Å². The zero-order chi connectivity index (χ0) is 17.8. The van der Waals surface area contributed by atoms with Crippen LogP contribution in [0.2, 0.25) is 5.02 Å². The van der Waals surface area contributed by atoms with Crippen LogP contribution in [0.15, 0.2) is 30.6 Å². The number of nitrogens with zero attached hydrogens (tertiary/aromatic N) is 3. The normalized spacial score (nSPS) is 14.2. The van der Waals surface area contributed by atoms with Crippen LogP contribution >= 0.6 is 11.6 Å². The van der Waals surface area contributed by atoms with E-state index in [1.54, 1.807) is 25.1 Å². The standard InChI is InChI=1S/C18H19ClN4O2/c1-12-10-21-16(11-20-12)17(24)22-15-9-13(19)5-6-14(15)18(25)23-7-3-2-4-8-23/h5-6,9-11H,2-4,7-8H2,1H3,(H,22,24). The van der Waals surface area contributed by atoms with E-state index >= 15 is 0 Å². The fourth-order valence-corrected chi connectivity index (χ4v) is 2.94. The van der Waals surface area contributed by atoms with Crippen LogP contribution in [0, 0.1) is 6.92 Å². The number of carbonyl (C=O) groups excluding carboxylic acids is 2. The highest BCUT2D eigenvalue weighted by atomic mass is 35.5. The molecule has 1 aromatic heterocycles. The van der Waals surface area contributed by atoms with Crippen LogP contribution in [-0.4, -0.2) is 39.8 Å². The summed E-state index contributed by atoms with van der Waals surface area (Å²) in [6, 6.07) is 4.88. The Bertz CT molecular complexity index is 786. The van der Waals surface area contributed by atoms with Crippen LogP contribution in [0.1, 0.15) is 45.8 Å². The molecule has 0 saturated carbocycles. The summed E-state index contributed by atoms with van der Waals surface area (Å²) >= 11 is 6.05. The van der Waals surface area contributed by atoms with Gasteiger partial charge in [-0.3, -0.25) is 14.6 Å². The predicted molar refractivity (Wildman–Crippen MR) is 95.9 cm³/mol. The molecule has 2 heterocycles. The van der Waals surface area contributed by atoms with Crippen molar-refractivity contribution in [1.29, 1.82) is 0 Å². The SMILES string of the molecule is Cc1cnc(C(=O)Nc2cc(Cl)ccc2C(=O)N2CCCCC2)cn1. The van der Waals surface area contributed by atoms with Gasteiger partial charge in [-0.05, 0) is 44.4 Å². The summed E-state index contributed by atoms with van der Waals surface area (Å²) in [7, 11) is 0. The highest BCUT2D eigenvalue weighted by Gasteiger charge is 2.22. The first-order chi connectivity index (χ1) is 12.0. The Morgan fingerprint density at radius 1 is 1.12 bits per heavy atom. The molecule has 1 fully saturated rings. The minimum Gasteiger partial charge on any atom is -0.339 e. The Morgan fingerprint density at radius 3 is 2.56 bits per heavy atom. The molecule has 1 aliphatic heterocycles. The molecule has 1 aromatic carbocycles. The molecule has 2 aromatic rings. The number of hydrogen-bond acceptors (Lipinski definition) is 4. The van der Waals surface area contributed by atoms with Crippen LogP contribution in [0.3, 0.4) is 0 Å². The summed E-state index contributed by atoms with van der Waals surface area (Å²) in [6.45, 7) is 3.26. The van der Waals surface area contributed by atoms with Gasteiger partial charge in [0.2, 0.25) is 0 Å². The number of piperidine rings is 1. The Morgan fingerprint density at radius 2 is 1.88 bits per heavy atom. The molecule has 3 rings (SSSR count). The highest BCUT2D eigenvalue weighted by Crippen LogP contribution is 2.24. The quantitative estimate of drug-likeness (QED) is 0.913. The molecule has 0 radical (unpaired) electrons. The molecule has 7 heteroatoms. The van der Waals surface area contributed by atoms with E-state index in [1.165, 1.54) is 12.4 Å². The van der Waals surface area contributed by atoms with Gasteiger partial charge in [0.1, 0.15) is 5.69 Å². The molecule has 2 amide bonds. The first kappa shape index (κ1) is 17.4. The number of aryl methyl sites for hydroxylation is 1. The van der Waals surface area contributed by atoms with Crippen molar-refractivity contribution >= 4 is 29.1 Å². The predicted octanol–water partition coefficient (Wildman–Crippen LogP) is 3.32. The summed E-state index contributed by atoms with van der Waals surface area (Å²) < 4.78 is 0. The lowest BCUT2D eigenvalue weighted by Crippen LogP contribution is -2.36. The van der Waals surface area contributed by atoms with Gasteiger partial charge >= 0.3 is 0 Å². The highest BCUT2D eigenvalue weighted by molar-refractivity contribution is 6.31. The number of benzene rings is 1. The summed E-state index contributed by atoms with van der Waals surface area (Å²) in [5.41, 5.74) is 1.72. The molecular weight excluding hydrogens is 340 g/mol. The Labute approximate surface area is 151 Å². The number of aromatic nitrogens is 2. The molecule has 1 saturated heterocycles. The van der Waals surface area contributed by atoms with Crippen molar-refractivity contribution in [3.8, 4) is 0 Å². The third-order valence-electron chi connectivity index (χ3n) is 4.12. The first-order valence-corrected chi connectivity index (χ1v) is 8.61. The van der Waals surface area contributed by atoms with Gasteiger partial charge in [-0.2, -0.15) is 0 Å². The van der Waals surface area contributed by atoms with E-state index in [-0.39, 0.29) is 11.6 Å². The van der Waals surface area contributed by atoms with Crippen molar-refractivity contribution in [2.75, 3.05) is 18.4 Å². The molecular formula is C18H19ClN4O2. The summed E-state index contributed by atoms with van der Waals surface area (Å²) in [6.07, 6.45) is 6.06. The molecule has 0 unspecified atom stereocenters. The van der Waals surface area contributed by atoms with Gasteiger partial charge in [-0.15, -0.1) is 0 Å². The fourth-order valence-electron chi connectivity index (χ4n) is 2.77. The minimum absolute atomic E-state index is 0.0957. The van der Waals surface area contributed by atoms with Crippen molar-refractivity contribution in [2.24, 2.45) is 0 Å². The van der Waals surface area contributed by atoms with Crippen molar-refractivity contribution in [3.63, 3.8) is 0 Å². The number of anilines is 1. The third kappa shape index (κ3) is 4.14. The molecule has 1 aliphatic rings. The van der Waals surface area contributed by atoms with E-state index in [0.717, 1.165) is 38.0 Å². The van der Waals surface area contributed by atoms with Crippen LogP contribution < -0.4 is 5.32 Å². The molecule has 0 aliphatic carbocycles. The van der Waals surface area contributed by atoms with Crippen LogP contribution in [0.4, 0.5) is 5.69 Å². The number of nitrogens with one attached hydrogen (secondary N) is 1. The zero-order valence-corrected chi connectivity index (χ0v) is 14.7. The van der Waals surface area contributed by atoms with Gasteiger partial charge in [-0.1, -0.05) is 11.6 Å². The van der Waals surface area contributed by atoms with Crippen molar-refractivity contribution in [1.82, 2.24) is 14.9 Å². The van der Waals surface area contributed by atoms with Gasteiger partial charge in [0.05, 0.1) is 23.1 Å². The van der Waals surface area contributed by atoms with Crippen molar-refractivity contribution in [3.05, 3.63) is 52.6 Å². The molecule has 6 nitrogen and oxygen atoms in total. The van der Waals surface area contributed by atoms with Crippen molar-refractivity contribution < 1.29 is 9.59 Å². The van der Waals surface area contributed by atoms with E-state index in [9.17, 15) is 9.59 Å². The average Bonchev–Trinajstić information content (AvgIpc) is 2.62. The van der Waals surface area contributed by atoms with E-state index in [0.29, 0.717) is 16.3 Å². The van der Waals surface area contributed by atoms with Crippen LogP contribution in [-0.2, 0) is 0 Å². The summed E-state index contributed by atoms with van der Waals surface area (Å²) in [4.78, 5) is 35.1. The first-order valence-electron chi connectivity index (χ1n) is 8.23. The number of rotatable bonds is 3. The number of halogens is 1. The lowest BCUT2D eigenvalue weighted by Gasteiger charge is -2.27. The summed E-state index contributed by atoms with van der Waals surface area (Å²) in [5, 5.41) is 3.18. The van der Waals surface area contributed by atoms with E-state index in [1.807, 2.05) is 4.90 Å². The molecule has 1 N–H and O–H groups in total. The minimum atomic E-state index is -0.428. The third-order valence-corrected chi connectivity index (χ3v) is 4.35. The number of carbonyl (C=O) groups is 2. The average molecular weight is 359 g/mol. The smallest absolute Gasteiger partial charge is 0.275 e. The second-order valence-electron chi connectivity index (χ2n) is 6.04.